The molecule has 1 N–H and O–H groups in total. The second-order valence-corrected chi connectivity index (χ2v) is 4.86. The summed E-state index contributed by atoms with van der Waals surface area (Å²) in [7, 11) is 0. The van der Waals surface area contributed by atoms with E-state index in [0.717, 1.165) is 0 Å². The Bertz CT molecular complexity index is 429. The molecule has 0 amide bonds. The van der Waals surface area contributed by atoms with Crippen molar-refractivity contribution in [1.82, 2.24) is 4.98 Å². The standard InChI is InChI=1S/C11H12IN/c1-7(2)10-5-8-3-4-9(12)6-11(8)13-10/h3-7,13H,1-2H3. The predicted molar refractivity (Wildman–Crippen MR) is 65.1 cm³/mol. The summed E-state index contributed by atoms with van der Waals surface area (Å²) in [6.07, 6.45) is 0. The van der Waals surface area contributed by atoms with Crippen LogP contribution in [0.2, 0.25) is 0 Å². The van der Waals surface area contributed by atoms with E-state index in [0.29, 0.717) is 5.92 Å². The Morgan fingerprint density at radius 3 is 2.69 bits per heavy atom. The molecule has 0 aliphatic heterocycles. The van der Waals surface area contributed by atoms with Gasteiger partial charge in [0.15, 0.2) is 0 Å². The maximum absolute atomic E-state index is 3.43. The van der Waals surface area contributed by atoms with Crippen LogP contribution in [0.3, 0.4) is 0 Å². The van der Waals surface area contributed by atoms with E-state index in [1.54, 1.807) is 0 Å². The molecule has 0 saturated heterocycles. The van der Waals surface area contributed by atoms with E-state index in [-0.39, 0.29) is 0 Å². The van der Waals surface area contributed by atoms with Gasteiger partial charge in [-0.25, -0.2) is 0 Å². The zero-order chi connectivity index (χ0) is 9.42. The van der Waals surface area contributed by atoms with Gasteiger partial charge in [0.05, 0.1) is 0 Å². The molecule has 1 aromatic heterocycles. The molecule has 0 aliphatic rings. The number of hydrogen-bond donors (Lipinski definition) is 1. The number of aromatic nitrogens is 1. The monoisotopic (exact) mass is 285 g/mol. The largest absolute Gasteiger partial charge is 0.358 e. The number of rotatable bonds is 1. The Balaban J connectivity index is 2.62. The van der Waals surface area contributed by atoms with Crippen molar-refractivity contribution in [3.05, 3.63) is 33.5 Å². The summed E-state index contributed by atoms with van der Waals surface area (Å²) >= 11 is 2.33. The summed E-state index contributed by atoms with van der Waals surface area (Å²) in [4.78, 5) is 3.43. The minimum atomic E-state index is 0.574. The summed E-state index contributed by atoms with van der Waals surface area (Å²) in [6, 6.07) is 8.72. The molecule has 0 atom stereocenters. The highest BCUT2D eigenvalue weighted by Crippen LogP contribution is 2.22. The highest BCUT2D eigenvalue weighted by Gasteiger charge is 2.03. The Labute approximate surface area is 91.7 Å². The lowest BCUT2D eigenvalue weighted by molar-refractivity contribution is 0.836. The fourth-order valence-corrected chi connectivity index (χ4v) is 1.92. The van der Waals surface area contributed by atoms with E-state index in [4.69, 9.17) is 0 Å². The summed E-state index contributed by atoms with van der Waals surface area (Å²) in [5.41, 5.74) is 2.56. The SMILES string of the molecule is CC(C)c1cc2ccc(I)cc2[nH]1. The minimum Gasteiger partial charge on any atom is -0.358 e. The molecule has 0 spiro atoms. The molecular formula is C11H12IN. The van der Waals surface area contributed by atoms with Crippen molar-refractivity contribution >= 4 is 33.5 Å². The third-order valence-corrected chi connectivity index (χ3v) is 2.90. The van der Waals surface area contributed by atoms with Crippen LogP contribution in [-0.4, -0.2) is 4.98 Å². The Morgan fingerprint density at radius 1 is 1.23 bits per heavy atom. The highest BCUT2D eigenvalue weighted by atomic mass is 127. The van der Waals surface area contributed by atoms with Gasteiger partial charge in [0, 0.05) is 14.8 Å². The molecule has 0 fully saturated rings. The van der Waals surface area contributed by atoms with E-state index >= 15 is 0 Å². The maximum atomic E-state index is 3.43. The van der Waals surface area contributed by atoms with Crippen molar-refractivity contribution in [3.8, 4) is 0 Å². The van der Waals surface area contributed by atoms with Crippen LogP contribution in [-0.2, 0) is 0 Å². The van der Waals surface area contributed by atoms with Crippen LogP contribution >= 0.6 is 22.6 Å². The topological polar surface area (TPSA) is 15.8 Å². The Kier molecular flexibility index (Phi) is 2.32. The van der Waals surface area contributed by atoms with Gasteiger partial charge in [-0.1, -0.05) is 19.9 Å². The van der Waals surface area contributed by atoms with Crippen LogP contribution < -0.4 is 0 Å². The van der Waals surface area contributed by atoms with Gasteiger partial charge in [-0.3, -0.25) is 0 Å². The first-order valence-corrected chi connectivity index (χ1v) is 5.53. The second-order valence-electron chi connectivity index (χ2n) is 3.61. The lowest BCUT2D eigenvalue weighted by Gasteiger charge is -1.97. The van der Waals surface area contributed by atoms with Gasteiger partial charge >= 0.3 is 0 Å². The van der Waals surface area contributed by atoms with Crippen molar-refractivity contribution in [2.24, 2.45) is 0 Å². The lowest BCUT2D eigenvalue weighted by Crippen LogP contribution is -1.84. The Hall–Kier alpha value is -0.510. The molecule has 2 rings (SSSR count). The maximum Gasteiger partial charge on any atom is 0.0466 e. The average Bonchev–Trinajstić information content (AvgIpc) is 2.46. The van der Waals surface area contributed by atoms with Crippen LogP contribution in [0.5, 0.6) is 0 Å². The van der Waals surface area contributed by atoms with Crippen molar-refractivity contribution in [1.29, 1.82) is 0 Å². The van der Waals surface area contributed by atoms with Crippen molar-refractivity contribution in [3.63, 3.8) is 0 Å². The Morgan fingerprint density at radius 2 is 2.00 bits per heavy atom. The smallest absolute Gasteiger partial charge is 0.0466 e. The molecule has 2 heteroatoms. The fraction of sp³-hybridized carbons (Fsp3) is 0.273. The number of halogens is 1. The molecule has 1 heterocycles. The fourth-order valence-electron chi connectivity index (χ4n) is 1.43. The van der Waals surface area contributed by atoms with Gasteiger partial charge in [0.2, 0.25) is 0 Å². The number of fused-ring (bicyclic) bond motifs is 1. The zero-order valence-corrected chi connectivity index (χ0v) is 9.92. The number of aromatic amines is 1. The molecular weight excluding hydrogens is 273 g/mol. The molecule has 68 valence electrons. The van der Waals surface area contributed by atoms with Crippen molar-refractivity contribution in [2.45, 2.75) is 19.8 Å². The summed E-state index contributed by atoms with van der Waals surface area (Å²) in [6.45, 7) is 4.41. The van der Waals surface area contributed by atoms with Crippen molar-refractivity contribution < 1.29 is 0 Å². The third-order valence-electron chi connectivity index (χ3n) is 2.23. The molecule has 2 aromatic rings. The first-order valence-electron chi connectivity index (χ1n) is 4.45. The first kappa shape index (κ1) is 9.06. The van der Waals surface area contributed by atoms with Crippen LogP contribution in [0.4, 0.5) is 0 Å². The quantitative estimate of drug-likeness (QED) is 0.765. The number of hydrogen-bond acceptors (Lipinski definition) is 0. The van der Waals surface area contributed by atoms with Crippen LogP contribution in [0.15, 0.2) is 24.3 Å². The predicted octanol–water partition coefficient (Wildman–Crippen LogP) is 3.90. The van der Waals surface area contributed by atoms with Gasteiger partial charge in [0.25, 0.3) is 0 Å². The zero-order valence-electron chi connectivity index (χ0n) is 7.76. The summed E-state index contributed by atoms with van der Waals surface area (Å²) < 4.78 is 1.28. The molecule has 0 unspecified atom stereocenters. The van der Waals surface area contributed by atoms with E-state index in [1.165, 1.54) is 20.2 Å². The number of H-pyrrole nitrogens is 1. The highest BCUT2D eigenvalue weighted by molar-refractivity contribution is 14.1. The third kappa shape index (κ3) is 1.73. The number of nitrogens with one attached hydrogen (secondary N) is 1. The van der Waals surface area contributed by atoms with Crippen molar-refractivity contribution in [2.75, 3.05) is 0 Å². The van der Waals surface area contributed by atoms with E-state index in [2.05, 4.69) is 65.7 Å². The van der Waals surface area contributed by atoms with Gasteiger partial charge in [-0.05, 0) is 52.1 Å². The first-order chi connectivity index (χ1) is 6.16. The van der Waals surface area contributed by atoms with E-state index in [1.807, 2.05) is 0 Å². The van der Waals surface area contributed by atoms with Crippen LogP contribution in [0.25, 0.3) is 10.9 Å². The van der Waals surface area contributed by atoms with E-state index < -0.39 is 0 Å². The molecule has 0 saturated carbocycles. The molecule has 0 radical (unpaired) electrons. The average molecular weight is 285 g/mol. The minimum absolute atomic E-state index is 0.574. The lowest BCUT2D eigenvalue weighted by atomic mass is 10.1. The second kappa shape index (κ2) is 3.33. The number of benzene rings is 1. The molecule has 1 aromatic carbocycles. The van der Waals surface area contributed by atoms with Gasteiger partial charge < -0.3 is 4.98 Å². The normalized spacial score (nSPS) is 11.4. The summed E-state index contributed by atoms with van der Waals surface area (Å²) in [5, 5.41) is 1.31. The van der Waals surface area contributed by atoms with Gasteiger partial charge in [-0.15, -0.1) is 0 Å². The molecule has 0 aliphatic carbocycles. The molecule has 13 heavy (non-hydrogen) atoms. The summed E-state index contributed by atoms with van der Waals surface area (Å²) in [5.74, 6) is 0.574. The molecule has 0 bridgehead atoms. The van der Waals surface area contributed by atoms with Crippen LogP contribution in [0, 0.1) is 3.57 Å². The van der Waals surface area contributed by atoms with E-state index in [9.17, 15) is 0 Å². The van der Waals surface area contributed by atoms with Gasteiger partial charge in [0.1, 0.15) is 0 Å². The molecule has 1 nitrogen and oxygen atoms in total. The van der Waals surface area contributed by atoms with Gasteiger partial charge in [-0.2, -0.15) is 0 Å². The van der Waals surface area contributed by atoms with Crippen LogP contribution in [0.1, 0.15) is 25.5 Å².